The van der Waals surface area contributed by atoms with Crippen LogP contribution in [0.15, 0.2) is 122 Å². The molecule has 2 heterocycles. The summed E-state index contributed by atoms with van der Waals surface area (Å²) in [6, 6.07) is 28.2. The van der Waals surface area contributed by atoms with Crippen LogP contribution in [0.4, 0.5) is 11.4 Å². The highest BCUT2D eigenvalue weighted by atomic mass is 28.3. The number of anilines is 2. The highest BCUT2D eigenvalue weighted by Crippen LogP contribution is 2.31. The van der Waals surface area contributed by atoms with Gasteiger partial charge in [0.05, 0.1) is 26.6 Å². The van der Waals surface area contributed by atoms with Crippen molar-refractivity contribution in [2.75, 3.05) is 51.7 Å². The zero-order chi connectivity index (χ0) is 53.2. The Morgan fingerprint density at radius 3 is 1.60 bits per heavy atom. The SMILES string of the molecule is C#CCOc1ccc(/C=C/C(=O)Nc2ccccc2-c2cnn(COCC[Si](C)(C)C)c2)cc1OC.C#CCOc1ccc(/C=C/C(=O)O)cc1OC.C[Si](C)(C)CCOCn1cc(-c2ccccc2N)cn1. The van der Waals surface area contributed by atoms with E-state index < -0.39 is 22.1 Å². The predicted octanol–water partition coefficient (Wildman–Crippen LogP) is 10.8. The molecule has 17 heteroatoms. The van der Waals surface area contributed by atoms with E-state index in [-0.39, 0.29) is 19.1 Å². The summed E-state index contributed by atoms with van der Waals surface area (Å²) in [6.07, 6.45) is 23.5. The molecule has 0 fully saturated rings. The molecule has 1 amide bonds. The number of benzene rings is 4. The number of ether oxygens (including phenoxy) is 6. The van der Waals surface area contributed by atoms with Crippen molar-refractivity contribution < 1.29 is 43.1 Å². The molecule has 0 bridgehead atoms. The number of aromatic nitrogens is 4. The first-order chi connectivity index (χ1) is 34.9. The summed E-state index contributed by atoms with van der Waals surface area (Å²) in [5, 5.41) is 20.2. The van der Waals surface area contributed by atoms with Crippen LogP contribution in [0.5, 0.6) is 23.0 Å². The summed E-state index contributed by atoms with van der Waals surface area (Å²) < 4.78 is 36.2. The standard InChI is InChI=1S/C28H33N3O4Si.C15H23N3OSi.C13H12O4/c1-6-15-35-26-13-11-22(18-27(26)33-2)12-14-28(32)30-25-10-8-7-9-24(25)23-19-29-31(20-23)21-34-16-17-36(3,4)5;1-20(2,3)9-8-19-12-18-11-13(10-17-18)14-6-4-5-7-15(14)16;1-3-8-17-11-6-4-10(5-7-13(14)15)9-12(11)16-2/h1,7-14,18-20H,15-17,21H2,2-5H3,(H,30,32);4-7,10-11H,8-9,12,16H2,1-3H3;1,4-7,9H,8H2,2H3,(H,14,15)/b14-12+;;7-5+. The molecule has 0 aliphatic carbocycles. The van der Waals surface area contributed by atoms with Crippen LogP contribution in [-0.2, 0) is 32.5 Å². The third kappa shape index (κ3) is 21.2. The Morgan fingerprint density at radius 1 is 0.671 bits per heavy atom. The van der Waals surface area contributed by atoms with E-state index in [2.05, 4.69) is 66.6 Å². The van der Waals surface area contributed by atoms with E-state index >= 15 is 0 Å². The molecule has 4 N–H and O–H groups in total. The molecule has 0 radical (unpaired) electrons. The Balaban J connectivity index is 0.000000262. The maximum atomic E-state index is 12.7. The predicted molar refractivity (Wildman–Crippen MR) is 297 cm³/mol. The second kappa shape index (κ2) is 29.5. The van der Waals surface area contributed by atoms with Gasteiger partial charge < -0.3 is 44.6 Å². The van der Waals surface area contributed by atoms with Crippen LogP contribution in [-0.4, -0.2) is 93.3 Å². The molecule has 0 saturated carbocycles. The number of methoxy groups -OCH3 is 2. The minimum Gasteiger partial charge on any atom is -0.493 e. The van der Waals surface area contributed by atoms with Gasteiger partial charge in [0, 0.05) is 87.5 Å². The highest BCUT2D eigenvalue weighted by Gasteiger charge is 2.15. The number of aliphatic carboxylic acids is 1. The maximum Gasteiger partial charge on any atom is 0.328 e. The topological polar surface area (TPSA) is 183 Å². The number of nitrogen functional groups attached to an aromatic ring is 1. The molecule has 384 valence electrons. The second-order valence-corrected chi connectivity index (χ2v) is 29.9. The van der Waals surface area contributed by atoms with Crippen molar-refractivity contribution in [3.05, 3.63) is 133 Å². The third-order valence-corrected chi connectivity index (χ3v) is 13.7. The minimum atomic E-state index is -1.13. The lowest BCUT2D eigenvalue weighted by atomic mass is 10.1. The zero-order valence-electron chi connectivity index (χ0n) is 43.1. The van der Waals surface area contributed by atoms with Gasteiger partial charge in [-0.1, -0.05) is 99.7 Å². The van der Waals surface area contributed by atoms with Gasteiger partial charge in [0.15, 0.2) is 23.0 Å². The van der Waals surface area contributed by atoms with Crippen molar-refractivity contribution >= 4 is 51.6 Å². The number of amides is 1. The lowest BCUT2D eigenvalue weighted by molar-refractivity contribution is -0.131. The van der Waals surface area contributed by atoms with Gasteiger partial charge in [-0.3, -0.25) is 4.79 Å². The quantitative estimate of drug-likeness (QED) is 0.0182. The van der Waals surface area contributed by atoms with Crippen LogP contribution in [0.3, 0.4) is 0 Å². The van der Waals surface area contributed by atoms with E-state index in [9.17, 15) is 9.59 Å². The van der Waals surface area contributed by atoms with Crippen molar-refractivity contribution in [1.29, 1.82) is 0 Å². The number of nitrogens with zero attached hydrogens (tertiary/aromatic N) is 4. The number of nitrogens with one attached hydrogen (secondary N) is 1. The Hall–Kier alpha value is -7.81. The van der Waals surface area contributed by atoms with Crippen molar-refractivity contribution in [2.24, 2.45) is 0 Å². The monoisotopic (exact) mass is 1020 g/mol. The molecule has 2 aromatic heterocycles. The number of carbonyl (C=O) groups is 2. The van der Waals surface area contributed by atoms with E-state index in [1.807, 2.05) is 77.9 Å². The first-order valence-electron chi connectivity index (χ1n) is 23.4. The second-order valence-electron chi connectivity index (χ2n) is 18.7. The number of hydrogen-bond donors (Lipinski definition) is 3. The minimum absolute atomic E-state index is 0.151. The van der Waals surface area contributed by atoms with Crippen molar-refractivity contribution in [3.63, 3.8) is 0 Å². The summed E-state index contributed by atoms with van der Waals surface area (Å²) >= 11 is 0. The summed E-state index contributed by atoms with van der Waals surface area (Å²) in [5.41, 5.74) is 12.7. The van der Waals surface area contributed by atoms with Crippen molar-refractivity contribution in [2.45, 2.75) is 64.8 Å². The molecular formula is C56H68N6O9Si2. The van der Waals surface area contributed by atoms with Crippen molar-refractivity contribution in [1.82, 2.24) is 19.6 Å². The number of nitrogens with two attached hydrogens (primary N) is 1. The van der Waals surface area contributed by atoms with E-state index in [0.29, 0.717) is 47.7 Å². The van der Waals surface area contributed by atoms with Crippen molar-refractivity contribution in [3.8, 4) is 69.9 Å². The van der Waals surface area contributed by atoms with Crippen LogP contribution >= 0.6 is 0 Å². The molecule has 6 rings (SSSR count). The first-order valence-corrected chi connectivity index (χ1v) is 30.9. The van der Waals surface area contributed by atoms with Crippen LogP contribution in [0.2, 0.25) is 51.4 Å². The average Bonchev–Trinajstić information content (AvgIpc) is 4.05. The number of terminal acetylenes is 2. The Labute approximate surface area is 432 Å². The molecule has 15 nitrogen and oxygen atoms in total. The molecule has 0 spiro atoms. The Bertz CT molecular complexity index is 2850. The van der Waals surface area contributed by atoms with Gasteiger partial charge in [-0.15, -0.1) is 12.8 Å². The molecule has 0 unspecified atom stereocenters. The summed E-state index contributed by atoms with van der Waals surface area (Å²) in [7, 11) is 0.908. The van der Waals surface area contributed by atoms with Crippen LogP contribution in [0.25, 0.3) is 34.4 Å². The van der Waals surface area contributed by atoms with Gasteiger partial charge in [-0.2, -0.15) is 10.2 Å². The molecule has 6 aromatic rings. The number of hydrogen-bond acceptors (Lipinski definition) is 11. The molecule has 0 saturated heterocycles. The molecule has 0 aliphatic rings. The first kappa shape index (κ1) is 57.8. The largest absolute Gasteiger partial charge is 0.493 e. The summed E-state index contributed by atoms with van der Waals surface area (Å²) in [6.45, 7) is 16.8. The lowest BCUT2D eigenvalue weighted by Gasteiger charge is -2.15. The molecule has 73 heavy (non-hydrogen) atoms. The Kier molecular flexibility index (Phi) is 23.4. The van der Waals surface area contributed by atoms with Crippen LogP contribution in [0.1, 0.15) is 11.1 Å². The van der Waals surface area contributed by atoms with Gasteiger partial charge in [0.25, 0.3) is 0 Å². The number of carboxylic acid groups (broad SMARTS) is 1. The van der Waals surface area contributed by atoms with E-state index in [1.165, 1.54) is 25.3 Å². The normalized spacial score (nSPS) is 11.1. The van der Waals surface area contributed by atoms with Crippen LogP contribution < -0.4 is 30.0 Å². The zero-order valence-corrected chi connectivity index (χ0v) is 45.1. The fourth-order valence-corrected chi connectivity index (χ4v) is 7.90. The smallest absolute Gasteiger partial charge is 0.328 e. The summed E-state index contributed by atoms with van der Waals surface area (Å²) in [4.78, 5) is 23.0. The lowest BCUT2D eigenvalue weighted by Crippen LogP contribution is -2.22. The van der Waals surface area contributed by atoms with E-state index in [4.69, 9.17) is 52.1 Å². The maximum absolute atomic E-state index is 12.7. The highest BCUT2D eigenvalue weighted by molar-refractivity contribution is 6.76. The van der Waals surface area contributed by atoms with Gasteiger partial charge >= 0.3 is 5.97 Å². The molecule has 0 aliphatic heterocycles. The van der Waals surface area contributed by atoms with Gasteiger partial charge in [-0.05, 0) is 71.8 Å². The van der Waals surface area contributed by atoms with Crippen LogP contribution in [0, 0.1) is 24.7 Å². The molecule has 4 aromatic carbocycles. The van der Waals surface area contributed by atoms with Gasteiger partial charge in [0.1, 0.15) is 26.7 Å². The molecule has 0 atom stereocenters. The molecular weight excluding hydrogens is 957 g/mol. The van der Waals surface area contributed by atoms with E-state index in [1.54, 1.807) is 54.4 Å². The number of carboxylic acids is 1. The van der Waals surface area contributed by atoms with Gasteiger partial charge in [-0.25, -0.2) is 14.2 Å². The fraction of sp³-hybridized carbons (Fsp3) is 0.286. The van der Waals surface area contributed by atoms with E-state index in [0.717, 1.165) is 58.8 Å². The number of para-hydroxylation sites is 2. The summed E-state index contributed by atoms with van der Waals surface area (Å²) in [5.74, 6) is 5.64. The third-order valence-electron chi connectivity index (χ3n) is 10.3. The number of rotatable bonds is 23. The fourth-order valence-electron chi connectivity index (χ4n) is 6.39. The Morgan fingerprint density at radius 2 is 1.14 bits per heavy atom. The van der Waals surface area contributed by atoms with Gasteiger partial charge in [0.2, 0.25) is 5.91 Å². The number of carbonyl (C=O) groups excluding carboxylic acids is 1. The average molecular weight is 1030 g/mol.